The minimum absolute atomic E-state index is 0.891. The normalized spacial score (nSPS) is 16.2. The highest BCUT2D eigenvalue weighted by Gasteiger charge is 2.16. The molecule has 0 aliphatic carbocycles. The third-order valence-corrected chi connectivity index (χ3v) is 4.97. The van der Waals surface area contributed by atoms with Crippen molar-refractivity contribution in [2.75, 3.05) is 44.6 Å². The second-order valence-corrected chi connectivity index (χ2v) is 6.98. The standard InChI is InChI=1S/C20H26N6/c1-17-13-19(26-20(14-17)22-16-23-26)21-7-8-24-9-11-25(12-10-24)15-18-5-3-2-4-6-18/h2-6,13-14,16,21H,7-12,15H2,1H3. The second kappa shape index (κ2) is 7.85. The lowest BCUT2D eigenvalue weighted by Crippen LogP contribution is -2.47. The average Bonchev–Trinajstić information content (AvgIpc) is 3.12. The summed E-state index contributed by atoms with van der Waals surface area (Å²) >= 11 is 0. The molecule has 2 aromatic heterocycles. The Morgan fingerprint density at radius 1 is 1.00 bits per heavy atom. The molecule has 6 heteroatoms. The maximum absolute atomic E-state index is 4.30. The molecule has 4 rings (SSSR count). The van der Waals surface area contributed by atoms with Gasteiger partial charge in [0.05, 0.1) is 0 Å². The second-order valence-electron chi connectivity index (χ2n) is 6.98. The zero-order valence-corrected chi connectivity index (χ0v) is 15.3. The topological polar surface area (TPSA) is 48.7 Å². The van der Waals surface area contributed by atoms with Crippen LogP contribution in [0, 0.1) is 6.92 Å². The SMILES string of the molecule is Cc1cc(NCCN2CCN(Cc3ccccc3)CC2)n2ncnc2c1. The summed E-state index contributed by atoms with van der Waals surface area (Å²) in [6.07, 6.45) is 1.60. The van der Waals surface area contributed by atoms with Crippen LogP contribution in [0.5, 0.6) is 0 Å². The number of hydrogen-bond donors (Lipinski definition) is 1. The van der Waals surface area contributed by atoms with E-state index in [0.717, 1.165) is 57.3 Å². The molecule has 6 nitrogen and oxygen atoms in total. The largest absolute Gasteiger partial charge is 0.369 e. The smallest absolute Gasteiger partial charge is 0.157 e. The fraction of sp³-hybridized carbons (Fsp3) is 0.400. The van der Waals surface area contributed by atoms with E-state index in [4.69, 9.17) is 0 Å². The maximum atomic E-state index is 4.30. The van der Waals surface area contributed by atoms with Gasteiger partial charge >= 0.3 is 0 Å². The summed E-state index contributed by atoms with van der Waals surface area (Å²) in [6.45, 7) is 9.62. The molecule has 1 saturated heterocycles. The summed E-state index contributed by atoms with van der Waals surface area (Å²) in [6, 6.07) is 14.9. The first-order valence-electron chi connectivity index (χ1n) is 9.31. The summed E-state index contributed by atoms with van der Waals surface area (Å²) in [5.41, 5.74) is 3.49. The molecule has 0 unspecified atom stereocenters. The number of anilines is 1. The van der Waals surface area contributed by atoms with Gasteiger partial charge < -0.3 is 5.32 Å². The van der Waals surface area contributed by atoms with E-state index < -0.39 is 0 Å². The Bertz CT molecular complexity index is 836. The number of nitrogens with zero attached hydrogens (tertiary/aromatic N) is 5. The van der Waals surface area contributed by atoms with Crippen molar-refractivity contribution in [1.82, 2.24) is 24.4 Å². The number of benzene rings is 1. The van der Waals surface area contributed by atoms with Crippen LogP contribution in [-0.4, -0.2) is 63.7 Å². The van der Waals surface area contributed by atoms with E-state index in [-0.39, 0.29) is 0 Å². The molecule has 0 atom stereocenters. The van der Waals surface area contributed by atoms with Crippen molar-refractivity contribution < 1.29 is 0 Å². The Balaban J connectivity index is 1.24. The number of pyridine rings is 1. The zero-order chi connectivity index (χ0) is 17.8. The van der Waals surface area contributed by atoms with Gasteiger partial charge in [-0.3, -0.25) is 9.80 Å². The van der Waals surface area contributed by atoms with Crippen LogP contribution in [0.3, 0.4) is 0 Å². The van der Waals surface area contributed by atoms with Crippen molar-refractivity contribution in [3.8, 4) is 0 Å². The lowest BCUT2D eigenvalue weighted by Gasteiger charge is -2.34. The summed E-state index contributed by atoms with van der Waals surface area (Å²) in [5.74, 6) is 1.01. The summed E-state index contributed by atoms with van der Waals surface area (Å²) in [5, 5.41) is 7.82. The van der Waals surface area contributed by atoms with E-state index in [9.17, 15) is 0 Å². The van der Waals surface area contributed by atoms with Crippen LogP contribution in [0.4, 0.5) is 5.82 Å². The maximum Gasteiger partial charge on any atom is 0.157 e. The molecule has 0 radical (unpaired) electrons. The molecule has 1 aliphatic rings. The Labute approximate surface area is 154 Å². The van der Waals surface area contributed by atoms with Crippen molar-refractivity contribution >= 4 is 11.5 Å². The van der Waals surface area contributed by atoms with Crippen molar-refractivity contribution in [3.63, 3.8) is 0 Å². The molecule has 0 spiro atoms. The Morgan fingerprint density at radius 3 is 2.58 bits per heavy atom. The third kappa shape index (κ3) is 4.03. The van der Waals surface area contributed by atoms with Gasteiger partial charge in [-0.25, -0.2) is 4.98 Å². The first-order valence-corrected chi connectivity index (χ1v) is 9.31. The Morgan fingerprint density at radius 2 is 1.77 bits per heavy atom. The molecule has 3 heterocycles. The highest BCUT2D eigenvalue weighted by atomic mass is 15.3. The van der Waals surface area contributed by atoms with Gasteiger partial charge in [0.2, 0.25) is 0 Å². The lowest BCUT2D eigenvalue weighted by molar-refractivity contribution is 0.130. The Hall–Kier alpha value is -2.44. The predicted octanol–water partition coefficient (Wildman–Crippen LogP) is 2.27. The number of rotatable bonds is 6. The summed E-state index contributed by atoms with van der Waals surface area (Å²) in [4.78, 5) is 9.35. The van der Waals surface area contributed by atoms with Crippen molar-refractivity contribution in [2.24, 2.45) is 0 Å². The number of piperazine rings is 1. The molecule has 3 aromatic rings. The van der Waals surface area contributed by atoms with Gasteiger partial charge in [0, 0.05) is 45.8 Å². The molecule has 0 amide bonds. The van der Waals surface area contributed by atoms with Crippen LogP contribution in [0.1, 0.15) is 11.1 Å². The van der Waals surface area contributed by atoms with Gasteiger partial charge in [-0.05, 0) is 30.2 Å². The lowest BCUT2D eigenvalue weighted by atomic mass is 10.2. The van der Waals surface area contributed by atoms with Crippen molar-refractivity contribution in [3.05, 3.63) is 59.9 Å². The third-order valence-electron chi connectivity index (χ3n) is 4.97. The summed E-state index contributed by atoms with van der Waals surface area (Å²) < 4.78 is 1.87. The van der Waals surface area contributed by atoms with Gasteiger partial charge in [0.15, 0.2) is 5.65 Å². The monoisotopic (exact) mass is 350 g/mol. The predicted molar refractivity (Wildman–Crippen MR) is 104 cm³/mol. The molecule has 1 fully saturated rings. The highest BCUT2D eigenvalue weighted by Crippen LogP contribution is 2.13. The van der Waals surface area contributed by atoms with Crippen LogP contribution in [0.2, 0.25) is 0 Å². The molecule has 136 valence electrons. The fourth-order valence-electron chi connectivity index (χ4n) is 3.54. The number of hydrogen-bond acceptors (Lipinski definition) is 5. The van der Waals surface area contributed by atoms with Gasteiger partial charge in [-0.15, -0.1) is 0 Å². The molecular weight excluding hydrogens is 324 g/mol. The molecule has 1 aliphatic heterocycles. The van der Waals surface area contributed by atoms with E-state index in [1.54, 1.807) is 6.33 Å². The van der Waals surface area contributed by atoms with Gasteiger partial charge in [-0.1, -0.05) is 30.3 Å². The highest BCUT2D eigenvalue weighted by molar-refractivity contribution is 5.51. The molecule has 26 heavy (non-hydrogen) atoms. The minimum Gasteiger partial charge on any atom is -0.369 e. The van der Waals surface area contributed by atoms with Crippen molar-refractivity contribution in [1.29, 1.82) is 0 Å². The van der Waals surface area contributed by atoms with Gasteiger partial charge in [0.25, 0.3) is 0 Å². The minimum atomic E-state index is 0.891. The molecular formula is C20H26N6. The molecule has 0 bridgehead atoms. The van der Waals surface area contributed by atoms with Crippen molar-refractivity contribution in [2.45, 2.75) is 13.5 Å². The number of aryl methyl sites for hydroxylation is 1. The van der Waals surface area contributed by atoms with Gasteiger partial charge in [0.1, 0.15) is 12.1 Å². The number of nitrogens with one attached hydrogen (secondary N) is 1. The fourth-order valence-corrected chi connectivity index (χ4v) is 3.54. The van der Waals surface area contributed by atoms with E-state index in [0.29, 0.717) is 0 Å². The average molecular weight is 350 g/mol. The Kier molecular flexibility index (Phi) is 5.13. The first kappa shape index (κ1) is 17.0. The van der Waals surface area contributed by atoms with Gasteiger partial charge in [-0.2, -0.15) is 9.61 Å². The molecule has 1 N–H and O–H groups in total. The van der Waals surface area contributed by atoms with Crippen LogP contribution < -0.4 is 5.32 Å². The molecule has 1 aromatic carbocycles. The van der Waals surface area contributed by atoms with E-state index in [1.165, 1.54) is 11.1 Å². The van der Waals surface area contributed by atoms with Crippen LogP contribution >= 0.6 is 0 Å². The van der Waals surface area contributed by atoms with E-state index in [1.807, 2.05) is 10.6 Å². The van der Waals surface area contributed by atoms with E-state index >= 15 is 0 Å². The van der Waals surface area contributed by atoms with Crippen LogP contribution in [0.15, 0.2) is 48.8 Å². The number of fused-ring (bicyclic) bond motifs is 1. The number of aromatic nitrogens is 3. The van der Waals surface area contributed by atoms with Crippen LogP contribution in [-0.2, 0) is 6.54 Å². The van der Waals surface area contributed by atoms with Crippen LogP contribution in [0.25, 0.3) is 5.65 Å². The first-order chi connectivity index (χ1) is 12.8. The zero-order valence-electron chi connectivity index (χ0n) is 15.3. The molecule has 0 saturated carbocycles. The summed E-state index contributed by atoms with van der Waals surface area (Å²) in [7, 11) is 0. The van der Waals surface area contributed by atoms with E-state index in [2.05, 4.69) is 68.5 Å². The quantitative estimate of drug-likeness (QED) is 0.739.